The van der Waals surface area contributed by atoms with Crippen molar-refractivity contribution in [2.45, 2.75) is 46.2 Å². The third-order valence-electron chi connectivity index (χ3n) is 2.64. The molecule has 0 bridgehead atoms. The van der Waals surface area contributed by atoms with Gasteiger partial charge in [0.2, 0.25) is 0 Å². The first-order valence-electron chi connectivity index (χ1n) is 6.21. The van der Waals surface area contributed by atoms with Crippen molar-refractivity contribution in [2.75, 3.05) is 6.61 Å². The molecule has 16 heavy (non-hydrogen) atoms. The zero-order valence-electron chi connectivity index (χ0n) is 10.6. The molecule has 0 saturated heterocycles. The fraction of sp³-hybridized carbons (Fsp3) is 0.571. The first-order chi connectivity index (χ1) is 7.76. The predicted molar refractivity (Wildman–Crippen MR) is 68.8 cm³/mol. The van der Waals surface area contributed by atoms with E-state index >= 15 is 0 Å². The summed E-state index contributed by atoms with van der Waals surface area (Å²) in [5, 5.41) is 3.48. The molecule has 0 aliphatic heterocycles. The molecule has 1 rings (SSSR count). The lowest BCUT2D eigenvalue weighted by Crippen LogP contribution is -2.24. The number of hydrogen-bond acceptors (Lipinski definition) is 2. The van der Waals surface area contributed by atoms with E-state index in [0.29, 0.717) is 6.04 Å². The number of nitrogens with one attached hydrogen (secondary N) is 1. The molecule has 0 spiro atoms. The number of hydrogen-bond donors (Lipinski definition) is 1. The fourth-order valence-electron chi connectivity index (χ4n) is 1.40. The minimum atomic E-state index is 0.570. The van der Waals surface area contributed by atoms with Crippen LogP contribution in [0.3, 0.4) is 0 Å². The van der Waals surface area contributed by atoms with Crippen molar-refractivity contribution < 1.29 is 4.74 Å². The molecule has 0 saturated carbocycles. The summed E-state index contributed by atoms with van der Waals surface area (Å²) in [7, 11) is 0. The summed E-state index contributed by atoms with van der Waals surface area (Å²) in [6, 6.07) is 8.89. The quantitative estimate of drug-likeness (QED) is 0.762. The largest absolute Gasteiger partial charge is 0.494 e. The Morgan fingerprint density at radius 2 is 2.12 bits per heavy atom. The minimum absolute atomic E-state index is 0.570. The monoisotopic (exact) mass is 221 g/mol. The van der Waals surface area contributed by atoms with Crippen LogP contribution in [0.15, 0.2) is 24.3 Å². The maximum atomic E-state index is 5.60. The Morgan fingerprint density at radius 1 is 1.31 bits per heavy atom. The highest BCUT2D eigenvalue weighted by molar-refractivity contribution is 5.28. The van der Waals surface area contributed by atoms with Crippen LogP contribution < -0.4 is 10.1 Å². The molecule has 0 unspecified atom stereocenters. The molecule has 1 N–H and O–H groups in total. The van der Waals surface area contributed by atoms with Crippen LogP contribution in [-0.4, -0.2) is 12.6 Å². The highest BCUT2D eigenvalue weighted by Gasteiger charge is 1.99. The molecule has 0 fully saturated rings. The van der Waals surface area contributed by atoms with E-state index in [4.69, 9.17) is 4.74 Å². The van der Waals surface area contributed by atoms with Gasteiger partial charge in [0.05, 0.1) is 6.61 Å². The molecular formula is C14H23NO. The van der Waals surface area contributed by atoms with E-state index in [-0.39, 0.29) is 0 Å². The second kappa shape index (κ2) is 7.29. The smallest absolute Gasteiger partial charge is 0.119 e. The Kier molecular flexibility index (Phi) is 5.94. The van der Waals surface area contributed by atoms with Gasteiger partial charge in [0.25, 0.3) is 0 Å². The summed E-state index contributed by atoms with van der Waals surface area (Å²) in [4.78, 5) is 0. The first-order valence-corrected chi connectivity index (χ1v) is 6.21. The highest BCUT2D eigenvalue weighted by atomic mass is 16.5. The average molecular weight is 221 g/mol. The summed E-state index contributed by atoms with van der Waals surface area (Å²) in [6.45, 7) is 8.23. The molecule has 1 aromatic rings. The van der Waals surface area contributed by atoms with E-state index in [2.05, 4.69) is 44.3 Å². The molecule has 0 radical (unpaired) electrons. The van der Waals surface area contributed by atoms with E-state index in [1.54, 1.807) is 0 Å². The van der Waals surface area contributed by atoms with E-state index in [1.165, 1.54) is 5.56 Å². The van der Waals surface area contributed by atoms with Crippen molar-refractivity contribution in [1.82, 2.24) is 5.32 Å². The molecule has 2 heteroatoms. The van der Waals surface area contributed by atoms with Crippen molar-refractivity contribution in [2.24, 2.45) is 0 Å². The molecule has 0 amide bonds. The van der Waals surface area contributed by atoms with E-state index in [9.17, 15) is 0 Å². The zero-order chi connectivity index (χ0) is 11.8. The molecule has 1 atom stereocenters. The van der Waals surface area contributed by atoms with Gasteiger partial charge in [-0.05, 0) is 37.5 Å². The SMILES string of the molecule is CCCOc1cccc(CN[C@H](C)CC)c1. The summed E-state index contributed by atoms with van der Waals surface area (Å²) in [6.07, 6.45) is 2.21. The summed E-state index contributed by atoms with van der Waals surface area (Å²) in [5.41, 5.74) is 1.29. The first kappa shape index (κ1) is 13.0. The van der Waals surface area contributed by atoms with Crippen molar-refractivity contribution >= 4 is 0 Å². The number of rotatable bonds is 7. The third kappa shape index (κ3) is 4.67. The second-order valence-electron chi connectivity index (χ2n) is 4.19. The molecule has 90 valence electrons. The Labute approximate surface area is 99.0 Å². The Morgan fingerprint density at radius 3 is 2.81 bits per heavy atom. The summed E-state index contributed by atoms with van der Waals surface area (Å²) < 4.78 is 5.60. The van der Waals surface area contributed by atoms with Crippen molar-refractivity contribution in [3.8, 4) is 5.75 Å². The van der Waals surface area contributed by atoms with Crippen LogP contribution in [0.4, 0.5) is 0 Å². The lowest BCUT2D eigenvalue weighted by molar-refractivity contribution is 0.317. The van der Waals surface area contributed by atoms with Gasteiger partial charge in [-0.15, -0.1) is 0 Å². The fourth-order valence-corrected chi connectivity index (χ4v) is 1.40. The average Bonchev–Trinajstić information content (AvgIpc) is 2.34. The van der Waals surface area contributed by atoms with Crippen molar-refractivity contribution in [3.05, 3.63) is 29.8 Å². The summed E-state index contributed by atoms with van der Waals surface area (Å²) in [5.74, 6) is 0.977. The van der Waals surface area contributed by atoms with Gasteiger partial charge in [-0.3, -0.25) is 0 Å². The molecule has 1 aromatic carbocycles. The second-order valence-corrected chi connectivity index (χ2v) is 4.19. The van der Waals surface area contributed by atoms with Crippen LogP contribution in [0.25, 0.3) is 0 Å². The maximum Gasteiger partial charge on any atom is 0.119 e. The van der Waals surface area contributed by atoms with E-state index < -0.39 is 0 Å². The molecule has 0 aliphatic rings. The minimum Gasteiger partial charge on any atom is -0.494 e. The topological polar surface area (TPSA) is 21.3 Å². The van der Waals surface area contributed by atoms with Gasteiger partial charge in [-0.25, -0.2) is 0 Å². The van der Waals surface area contributed by atoms with Crippen LogP contribution in [-0.2, 0) is 6.54 Å². The molecule has 0 heterocycles. The molecule has 0 aliphatic carbocycles. The standard InChI is InChI=1S/C14H23NO/c1-4-9-16-14-8-6-7-13(10-14)11-15-12(3)5-2/h6-8,10,12,15H,4-5,9,11H2,1-3H3/t12-/m1/s1. The van der Waals surface area contributed by atoms with Gasteiger partial charge in [0.15, 0.2) is 0 Å². The lowest BCUT2D eigenvalue weighted by atomic mass is 10.2. The van der Waals surface area contributed by atoms with Crippen LogP contribution in [0.2, 0.25) is 0 Å². The molecule has 0 aromatic heterocycles. The molecular weight excluding hydrogens is 198 g/mol. The van der Waals surface area contributed by atoms with Gasteiger partial charge >= 0.3 is 0 Å². The highest BCUT2D eigenvalue weighted by Crippen LogP contribution is 2.13. The number of benzene rings is 1. The van der Waals surface area contributed by atoms with Crippen LogP contribution in [0, 0.1) is 0 Å². The normalized spacial score (nSPS) is 12.4. The van der Waals surface area contributed by atoms with Crippen LogP contribution in [0.5, 0.6) is 5.75 Å². The maximum absolute atomic E-state index is 5.60. The van der Waals surface area contributed by atoms with Gasteiger partial charge < -0.3 is 10.1 Å². The van der Waals surface area contributed by atoms with Crippen molar-refractivity contribution in [1.29, 1.82) is 0 Å². The zero-order valence-corrected chi connectivity index (χ0v) is 10.6. The Bertz CT molecular complexity index is 299. The molecule has 2 nitrogen and oxygen atoms in total. The van der Waals surface area contributed by atoms with Gasteiger partial charge in [-0.1, -0.05) is 26.0 Å². The van der Waals surface area contributed by atoms with Crippen LogP contribution in [0.1, 0.15) is 39.2 Å². The van der Waals surface area contributed by atoms with Crippen molar-refractivity contribution in [3.63, 3.8) is 0 Å². The Balaban J connectivity index is 2.46. The van der Waals surface area contributed by atoms with E-state index in [0.717, 1.165) is 31.7 Å². The lowest BCUT2D eigenvalue weighted by Gasteiger charge is -2.12. The summed E-state index contributed by atoms with van der Waals surface area (Å²) >= 11 is 0. The van der Waals surface area contributed by atoms with Gasteiger partial charge in [0.1, 0.15) is 5.75 Å². The van der Waals surface area contributed by atoms with Crippen LogP contribution >= 0.6 is 0 Å². The predicted octanol–water partition coefficient (Wildman–Crippen LogP) is 3.36. The van der Waals surface area contributed by atoms with Gasteiger partial charge in [-0.2, -0.15) is 0 Å². The number of ether oxygens (including phenoxy) is 1. The third-order valence-corrected chi connectivity index (χ3v) is 2.64. The van der Waals surface area contributed by atoms with Gasteiger partial charge in [0, 0.05) is 12.6 Å². The Hall–Kier alpha value is -1.02. The van der Waals surface area contributed by atoms with E-state index in [1.807, 2.05) is 6.07 Å².